The third-order valence-corrected chi connectivity index (χ3v) is 6.38. The van der Waals surface area contributed by atoms with Crippen molar-refractivity contribution >= 4 is 23.1 Å². The SMILES string of the molecule is Cc1ccc(C(=O)Nc2cc(C(F)(F)F)ccn2)cc1C#Cc1ccc2c(c1)N(C)CN2Cc1cccnc1. The van der Waals surface area contributed by atoms with Gasteiger partial charge >= 0.3 is 6.18 Å². The summed E-state index contributed by atoms with van der Waals surface area (Å²) < 4.78 is 39.0. The van der Waals surface area contributed by atoms with Gasteiger partial charge in [-0.05, 0) is 66.6 Å². The van der Waals surface area contributed by atoms with E-state index >= 15 is 0 Å². The van der Waals surface area contributed by atoms with E-state index in [1.807, 2.05) is 38.4 Å². The normalized spacial score (nSPS) is 12.5. The van der Waals surface area contributed by atoms with Gasteiger partial charge < -0.3 is 15.1 Å². The quantitative estimate of drug-likeness (QED) is 0.337. The van der Waals surface area contributed by atoms with Crippen LogP contribution in [-0.4, -0.2) is 29.6 Å². The molecular formula is C30H24F3N5O. The van der Waals surface area contributed by atoms with Gasteiger partial charge in [-0.15, -0.1) is 0 Å². The molecule has 1 amide bonds. The molecule has 196 valence electrons. The summed E-state index contributed by atoms with van der Waals surface area (Å²) in [5, 5.41) is 2.43. The van der Waals surface area contributed by atoms with E-state index in [-0.39, 0.29) is 11.4 Å². The van der Waals surface area contributed by atoms with Gasteiger partial charge in [-0.25, -0.2) is 4.98 Å². The monoisotopic (exact) mass is 527 g/mol. The fourth-order valence-corrected chi connectivity index (χ4v) is 4.33. The average molecular weight is 528 g/mol. The predicted octanol–water partition coefficient (Wildman–Crippen LogP) is 5.87. The van der Waals surface area contributed by atoms with Crippen molar-refractivity contribution < 1.29 is 18.0 Å². The zero-order valence-corrected chi connectivity index (χ0v) is 21.3. The van der Waals surface area contributed by atoms with E-state index < -0.39 is 17.6 Å². The van der Waals surface area contributed by atoms with Gasteiger partial charge in [-0.2, -0.15) is 13.2 Å². The zero-order valence-electron chi connectivity index (χ0n) is 21.3. The lowest BCUT2D eigenvalue weighted by atomic mass is 10.0. The molecule has 0 saturated carbocycles. The molecule has 2 aromatic heterocycles. The number of alkyl halides is 3. The number of hydrogen-bond acceptors (Lipinski definition) is 5. The molecule has 0 saturated heterocycles. The summed E-state index contributed by atoms with van der Waals surface area (Å²) >= 11 is 0. The summed E-state index contributed by atoms with van der Waals surface area (Å²) in [5.41, 5.74) is 5.04. The molecule has 0 unspecified atom stereocenters. The highest BCUT2D eigenvalue weighted by molar-refractivity contribution is 6.04. The van der Waals surface area contributed by atoms with Crippen molar-refractivity contribution in [2.75, 3.05) is 28.8 Å². The Labute approximate surface area is 224 Å². The molecule has 39 heavy (non-hydrogen) atoms. The molecule has 6 nitrogen and oxygen atoms in total. The van der Waals surface area contributed by atoms with Gasteiger partial charge in [0, 0.05) is 48.9 Å². The van der Waals surface area contributed by atoms with Crippen LogP contribution in [0.2, 0.25) is 0 Å². The lowest BCUT2D eigenvalue weighted by molar-refractivity contribution is -0.137. The van der Waals surface area contributed by atoms with Gasteiger partial charge in [0.1, 0.15) is 5.82 Å². The Balaban J connectivity index is 1.34. The van der Waals surface area contributed by atoms with Crippen molar-refractivity contribution in [1.29, 1.82) is 0 Å². The number of hydrogen-bond donors (Lipinski definition) is 1. The minimum Gasteiger partial charge on any atom is -0.355 e. The highest BCUT2D eigenvalue weighted by Gasteiger charge is 2.31. The van der Waals surface area contributed by atoms with Crippen LogP contribution in [0.25, 0.3) is 0 Å². The number of anilines is 3. The van der Waals surface area contributed by atoms with E-state index in [9.17, 15) is 18.0 Å². The van der Waals surface area contributed by atoms with Gasteiger partial charge in [0.2, 0.25) is 0 Å². The van der Waals surface area contributed by atoms with Crippen LogP contribution in [0.4, 0.5) is 30.4 Å². The number of benzene rings is 2. The second-order valence-corrected chi connectivity index (χ2v) is 9.26. The summed E-state index contributed by atoms with van der Waals surface area (Å²) in [4.78, 5) is 25.2. The first kappa shape index (κ1) is 25.8. The number of nitrogens with one attached hydrogen (secondary N) is 1. The van der Waals surface area contributed by atoms with Gasteiger partial charge in [-0.3, -0.25) is 9.78 Å². The molecular weight excluding hydrogens is 503 g/mol. The summed E-state index contributed by atoms with van der Waals surface area (Å²) in [5.74, 6) is 5.57. The van der Waals surface area contributed by atoms with Crippen LogP contribution in [0.5, 0.6) is 0 Å². The van der Waals surface area contributed by atoms with E-state index in [1.165, 1.54) is 0 Å². The molecule has 9 heteroatoms. The van der Waals surface area contributed by atoms with Crippen LogP contribution in [-0.2, 0) is 12.7 Å². The first-order valence-corrected chi connectivity index (χ1v) is 12.1. The van der Waals surface area contributed by atoms with Crippen molar-refractivity contribution in [3.63, 3.8) is 0 Å². The third-order valence-electron chi connectivity index (χ3n) is 6.38. The van der Waals surface area contributed by atoms with E-state index in [0.717, 1.165) is 59.6 Å². The number of halogens is 3. The molecule has 1 aliphatic heterocycles. The second kappa shape index (κ2) is 10.5. The van der Waals surface area contributed by atoms with Crippen molar-refractivity contribution in [3.05, 3.63) is 113 Å². The topological polar surface area (TPSA) is 61.4 Å². The fraction of sp³-hybridized carbons (Fsp3) is 0.167. The van der Waals surface area contributed by atoms with E-state index in [2.05, 4.69) is 49.1 Å². The number of nitrogens with zero attached hydrogens (tertiary/aromatic N) is 4. The Bertz CT molecular complexity index is 1590. The molecule has 2 aromatic carbocycles. The molecule has 1 N–H and O–H groups in total. The van der Waals surface area contributed by atoms with Crippen LogP contribution < -0.4 is 15.1 Å². The second-order valence-electron chi connectivity index (χ2n) is 9.26. The van der Waals surface area contributed by atoms with Gasteiger partial charge in [0.25, 0.3) is 5.91 Å². The zero-order chi connectivity index (χ0) is 27.6. The molecule has 0 spiro atoms. The number of fused-ring (bicyclic) bond motifs is 1. The predicted molar refractivity (Wildman–Crippen MR) is 144 cm³/mol. The molecule has 3 heterocycles. The highest BCUT2D eigenvalue weighted by Crippen LogP contribution is 2.36. The fourth-order valence-electron chi connectivity index (χ4n) is 4.33. The first-order chi connectivity index (χ1) is 18.7. The summed E-state index contributed by atoms with van der Waals surface area (Å²) in [6.45, 7) is 3.38. The molecule has 0 aliphatic carbocycles. The maximum absolute atomic E-state index is 13.0. The third kappa shape index (κ3) is 5.85. The minimum atomic E-state index is -4.53. The minimum absolute atomic E-state index is 0.178. The van der Waals surface area contributed by atoms with Crippen molar-refractivity contribution in [2.24, 2.45) is 0 Å². The maximum atomic E-state index is 13.0. The Morgan fingerprint density at radius 1 is 1.03 bits per heavy atom. The largest absolute Gasteiger partial charge is 0.416 e. The van der Waals surface area contributed by atoms with Crippen LogP contribution >= 0.6 is 0 Å². The molecule has 1 aliphatic rings. The average Bonchev–Trinajstić information content (AvgIpc) is 3.22. The lowest BCUT2D eigenvalue weighted by Gasteiger charge is -2.19. The smallest absolute Gasteiger partial charge is 0.355 e. The molecule has 0 radical (unpaired) electrons. The summed E-state index contributed by atoms with van der Waals surface area (Å²) in [6.07, 6.45) is 0.107. The van der Waals surface area contributed by atoms with Gasteiger partial charge in [-0.1, -0.05) is 24.0 Å². The van der Waals surface area contributed by atoms with Crippen LogP contribution in [0.1, 0.15) is 38.2 Å². The Morgan fingerprint density at radius 3 is 2.64 bits per heavy atom. The Morgan fingerprint density at radius 2 is 1.87 bits per heavy atom. The number of aromatic nitrogens is 2. The van der Waals surface area contributed by atoms with Crippen LogP contribution in [0, 0.1) is 18.8 Å². The maximum Gasteiger partial charge on any atom is 0.416 e. The highest BCUT2D eigenvalue weighted by atomic mass is 19.4. The van der Waals surface area contributed by atoms with E-state index in [4.69, 9.17) is 0 Å². The molecule has 0 bridgehead atoms. The summed E-state index contributed by atoms with van der Waals surface area (Å²) in [7, 11) is 2.03. The Hall–Kier alpha value is -4.84. The number of aryl methyl sites for hydroxylation is 1. The Kier molecular flexibility index (Phi) is 6.94. The number of carbonyl (C=O) groups is 1. The number of amides is 1. The van der Waals surface area contributed by atoms with Crippen LogP contribution in [0.3, 0.4) is 0 Å². The molecule has 5 rings (SSSR count). The van der Waals surface area contributed by atoms with Gasteiger partial charge in [0.15, 0.2) is 0 Å². The summed E-state index contributed by atoms with van der Waals surface area (Å²) in [6, 6.07) is 16.7. The van der Waals surface area contributed by atoms with Crippen LogP contribution in [0.15, 0.2) is 79.3 Å². The van der Waals surface area contributed by atoms with Gasteiger partial charge in [0.05, 0.1) is 23.6 Å². The van der Waals surface area contributed by atoms with Crippen molar-refractivity contribution in [3.8, 4) is 11.8 Å². The van der Waals surface area contributed by atoms with E-state index in [0.29, 0.717) is 5.56 Å². The number of pyridine rings is 2. The number of rotatable bonds is 4. The number of carbonyl (C=O) groups excluding carboxylic acids is 1. The molecule has 0 atom stereocenters. The van der Waals surface area contributed by atoms with E-state index in [1.54, 1.807) is 24.4 Å². The first-order valence-electron chi connectivity index (χ1n) is 12.1. The standard InChI is InChI=1S/C30H24F3N5O/c1-20-5-8-24(29(39)36-28-16-25(11-13-35-28)30(31,32)33)15-23(20)9-6-21-7-10-26-27(14-21)37(2)19-38(26)18-22-4-3-12-34-17-22/h3-5,7-8,10-17H,18-19H2,1-2H3,(H,35,36,39). The van der Waals surface area contributed by atoms with Crippen molar-refractivity contribution in [1.82, 2.24) is 9.97 Å². The molecule has 4 aromatic rings. The molecule has 0 fully saturated rings. The van der Waals surface area contributed by atoms with Crippen molar-refractivity contribution in [2.45, 2.75) is 19.6 Å². The lowest BCUT2D eigenvalue weighted by Crippen LogP contribution is -2.27.